The van der Waals surface area contributed by atoms with E-state index >= 15 is 0 Å². The van der Waals surface area contributed by atoms with Crippen LogP contribution in [0.15, 0.2) is 18.2 Å². The Morgan fingerprint density at radius 3 is 2.87 bits per heavy atom. The molecule has 23 heavy (non-hydrogen) atoms. The van der Waals surface area contributed by atoms with E-state index < -0.39 is 0 Å². The van der Waals surface area contributed by atoms with Crippen LogP contribution in [0.3, 0.4) is 0 Å². The lowest BCUT2D eigenvalue weighted by Gasteiger charge is -2.21. The normalized spacial score (nSPS) is 14.7. The summed E-state index contributed by atoms with van der Waals surface area (Å²) in [4.78, 5) is 5.46. The molecule has 4 rings (SSSR count). The molecule has 2 aromatic heterocycles. The molecule has 116 valence electrons. The van der Waals surface area contributed by atoms with Crippen molar-refractivity contribution in [3.05, 3.63) is 34.5 Å². The minimum absolute atomic E-state index is 0.478. The Hall–Kier alpha value is -2.39. The highest BCUT2D eigenvalue weighted by Crippen LogP contribution is 2.40. The number of nitrogens with zero attached hydrogens (tertiary/aromatic N) is 4. The summed E-state index contributed by atoms with van der Waals surface area (Å²) in [6, 6.07) is 8.16. The fraction of sp³-hybridized carbons (Fsp3) is 0.353. The fourth-order valence-corrected chi connectivity index (χ4v) is 3.95. The van der Waals surface area contributed by atoms with Crippen molar-refractivity contribution in [2.45, 2.75) is 32.1 Å². The van der Waals surface area contributed by atoms with Crippen LogP contribution in [-0.2, 0) is 0 Å². The molecular weight excluding hydrogens is 308 g/mol. The number of imidazole rings is 1. The molecule has 0 radical (unpaired) electrons. The first-order chi connectivity index (χ1) is 11.2. The van der Waals surface area contributed by atoms with Crippen molar-refractivity contribution in [2.24, 2.45) is 0 Å². The van der Waals surface area contributed by atoms with E-state index in [4.69, 9.17) is 4.74 Å². The summed E-state index contributed by atoms with van der Waals surface area (Å²) in [6.45, 7) is 2.01. The quantitative estimate of drug-likeness (QED) is 0.732. The van der Waals surface area contributed by atoms with Gasteiger partial charge in [0, 0.05) is 11.5 Å². The number of aryl methyl sites for hydroxylation is 1. The molecule has 0 spiro atoms. The Morgan fingerprint density at radius 2 is 2.22 bits per heavy atom. The third kappa shape index (κ3) is 2.20. The lowest BCUT2D eigenvalue weighted by Crippen LogP contribution is -2.08. The Balaban J connectivity index is 1.89. The molecule has 0 amide bonds. The molecule has 1 saturated carbocycles. The van der Waals surface area contributed by atoms with Gasteiger partial charge in [0.05, 0.1) is 7.11 Å². The highest BCUT2D eigenvalue weighted by Gasteiger charge is 2.26. The summed E-state index contributed by atoms with van der Waals surface area (Å²) in [5, 5.41) is 15.4. The predicted octanol–water partition coefficient (Wildman–Crippen LogP) is 3.91. The predicted molar refractivity (Wildman–Crippen MR) is 88.9 cm³/mol. The Kier molecular flexibility index (Phi) is 3.31. The van der Waals surface area contributed by atoms with Crippen molar-refractivity contribution in [2.75, 3.05) is 7.11 Å². The molecule has 0 unspecified atom stereocenters. The van der Waals surface area contributed by atoms with Crippen LogP contribution in [-0.4, -0.2) is 21.7 Å². The van der Waals surface area contributed by atoms with E-state index in [0.29, 0.717) is 17.3 Å². The van der Waals surface area contributed by atoms with Gasteiger partial charge in [0.25, 0.3) is 0 Å². The monoisotopic (exact) mass is 324 g/mol. The van der Waals surface area contributed by atoms with Crippen molar-refractivity contribution in [1.82, 2.24) is 14.6 Å². The van der Waals surface area contributed by atoms with Crippen LogP contribution in [0.5, 0.6) is 5.75 Å². The van der Waals surface area contributed by atoms with Crippen molar-refractivity contribution in [1.29, 1.82) is 5.26 Å². The van der Waals surface area contributed by atoms with Gasteiger partial charge in [0.2, 0.25) is 4.96 Å². The molecule has 2 heterocycles. The Morgan fingerprint density at radius 1 is 1.39 bits per heavy atom. The maximum atomic E-state index is 9.63. The molecule has 0 atom stereocenters. The van der Waals surface area contributed by atoms with Gasteiger partial charge < -0.3 is 4.74 Å². The molecule has 1 aliphatic carbocycles. The smallest absolute Gasteiger partial charge is 0.214 e. The molecule has 3 aromatic rings. The van der Waals surface area contributed by atoms with Gasteiger partial charge in [-0.05, 0) is 31.9 Å². The number of benzene rings is 1. The van der Waals surface area contributed by atoms with Gasteiger partial charge in [0.1, 0.15) is 22.5 Å². The zero-order valence-electron chi connectivity index (χ0n) is 13.0. The van der Waals surface area contributed by atoms with E-state index in [1.165, 1.54) is 19.3 Å². The van der Waals surface area contributed by atoms with Crippen LogP contribution in [0.25, 0.3) is 16.2 Å². The number of rotatable bonds is 3. The lowest BCUT2D eigenvalue weighted by molar-refractivity contribution is 0.415. The average Bonchev–Trinajstić information content (AvgIpc) is 3.02. The second-order valence-electron chi connectivity index (χ2n) is 5.89. The van der Waals surface area contributed by atoms with Crippen molar-refractivity contribution in [3.63, 3.8) is 0 Å². The topological polar surface area (TPSA) is 63.2 Å². The third-order valence-electron chi connectivity index (χ3n) is 4.39. The van der Waals surface area contributed by atoms with E-state index in [-0.39, 0.29) is 0 Å². The fourth-order valence-electron chi connectivity index (χ4n) is 2.88. The SMILES string of the molecule is COc1ccc(C)cc1-c1nc2sc(C3CCC3)nn2c1C#N. The number of methoxy groups -OCH3 is 1. The number of hydrogen-bond donors (Lipinski definition) is 0. The Labute approximate surface area is 138 Å². The summed E-state index contributed by atoms with van der Waals surface area (Å²) >= 11 is 1.59. The molecule has 0 N–H and O–H groups in total. The Bertz CT molecular complexity index is 930. The van der Waals surface area contributed by atoms with Gasteiger partial charge >= 0.3 is 0 Å². The number of ether oxygens (including phenoxy) is 1. The van der Waals surface area contributed by atoms with E-state index in [1.54, 1.807) is 23.0 Å². The minimum atomic E-state index is 0.478. The van der Waals surface area contributed by atoms with E-state index in [0.717, 1.165) is 26.8 Å². The van der Waals surface area contributed by atoms with E-state index in [1.807, 2.05) is 25.1 Å². The largest absolute Gasteiger partial charge is 0.496 e. The van der Waals surface area contributed by atoms with Crippen LogP contribution in [0.4, 0.5) is 0 Å². The second kappa shape index (κ2) is 5.36. The first-order valence-corrected chi connectivity index (χ1v) is 8.47. The van der Waals surface area contributed by atoms with Crippen LogP contribution in [0.1, 0.15) is 41.4 Å². The van der Waals surface area contributed by atoms with E-state index in [9.17, 15) is 5.26 Å². The van der Waals surface area contributed by atoms with E-state index in [2.05, 4.69) is 16.2 Å². The zero-order valence-corrected chi connectivity index (χ0v) is 13.9. The average molecular weight is 324 g/mol. The molecule has 0 saturated heterocycles. The number of fused-ring (bicyclic) bond motifs is 1. The van der Waals surface area contributed by atoms with Gasteiger partial charge in [0.15, 0.2) is 5.69 Å². The standard InChI is InChI=1S/C17H16N4OS/c1-10-6-7-14(22-2)12(8-10)15-13(9-18)21-17(19-15)23-16(20-21)11-4-3-5-11/h6-8,11H,3-5H2,1-2H3. The second-order valence-corrected chi connectivity index (χ2v) is 6.87. The van der Waals surface area contributed by atoms with Gasteiger partial charge in [-0.2, -0.15) is 14.9 Å². The highest BCUT2D eigenvalue weighted by molar-refractivity contribution is 7.16. The molecule has 0 bridgehead atoms. The summed E-state index contributed by atoms with van der Waals surface area (Å²) in [7, 11) is 1.63. The maximum Gasteiger partial charge on any atom is 0.214 e. The first-order valence-electron chi connectivity index (χ1n) is 7.66. The van der Waals surface area contributed by atoms with Gasteiger partial charge in [-0.3, -0.25) is 0 Å². The summed E-state index contributed by atoms with van der Waals surface area (Å²) in [5.74, 6) is 1.27. The van der Waals surface area contributed by atoms with Gasteiger partial charge in [-0.15, -0.1) is 0 Å². The van der Waals surface area contributed by atoms with Crippen LogP contribution in [0.2, 0.25) is 0 Å². The van der Waals surface area contributed by atoms with Crippen LogP contribution in [0, 0.1) is 18.3 Å². The lowest BCUT2D eigenvalue weighted by atomic mass is 9.86. The van der Waals surface area contributed by atoms with Gasteiger partial charge in [-0.1, -0.05) is 29.4 Å². The van der Waals surface area contributed by atoms with Gasteiger partial charge in [-0.25, -0.2) is 4.98 Å². The third-order valence-corrected chi connectivity index (χ3v) is 5.46. The molecule has 5 nitrogen and oxygen atoms in total. The summed E-state index contributed by atoms with van der Waals surface area (Å²) in [6.07, 6.45) is 3.65. The van der Waals surface area contributed by atoms with Crippen molar-refractivity contribution in [3.8, 4) is 23.1 Å². The van der Waals surface area contributed by atoms with Crippen molar-refractivity contribution >= 4 is 16.3 Å². The summed E-state index contributed by atoms with van der Waals surface area (Å²) in [5.41, 5.74) is 3.06. The van der Waals surface area contributed by atoms with Crippen molar-refractivity contribution < 1.29 is 4.74 Å². The summed E-state index contributed by atoms with van der Waals surface area (Å²) < 4.78 is 7.13. The van der Waals surface area contributed by atoms with Crippen LogP contribution < -0.4 is 4.74 Å². The molecule has 6 heteroatoms. The number of nitriles is 1. The number of aromatic nitrogens is 3. The maximum absolute atomic E-state index is 9.63. The molecular formula is C17H16N4OS. The zero-order chi connectivity index (χ0) is 16.0. The minimum Gasteiger partial charge on any atom is -0.496 e. The molecule has 0 aliphatic heterocycles. The number of hydrogen-bond acceptors (Lipinski definition) is 5. The molecule has 1 aliphatic rings. The first kappa shape index (κ1) is 14.2. The van der Waals surface area contributed by atoms with Crippen LogP contribution >= 0.6 is 11.3 Å². The molecule has 1 aromatic carbocycles. The highest BCUT2D eigenvalue weighted by atomic mass is 32.1. The molecule has 1 fully saturated rings.